The molecule has 24 heavy (non-hydrogen) atoms. The Balaban J connectivity index is 2.72. The Bertz CT molecular complexity index is 675. The van der Waals surface area contributed by atoms with Crippen molar-refractivity contribution in [1.82, 2.24) is 9.62 Å². The van der Waals surface area contributed by atoms with Gasteiger partial charge in [-0.05, 0) is 25.1 Å². The second-order valence-electron chi connectivity index (χ2n) is 5.32. The number of alkyl halides is 3. The van der Waals surface area contributed by atoms with Gasteiger partial charge >= 0.3 is 6.18 Å². The molecule has 0 spiro atoms. The number of ether oxygens (including phenoxy) is 1. The third-order valence-corrected chi connectivity index (χ3v) is 4.70. The smallest absolute Gasteiger partial charge is 0.370 e. The van der Waals surface area contributed by atoms with Crippen molar-refractivity contribution in [3.8, 4) is 0 Å². The number of hydrogen-bond acceptors (Lipinski definition) is 4. The molecule has 0 aliphatic rings. The van der Waals surface area contributed by atoms with Crippen LogP contribution in [-0.2, 0) is 14.8 Å². The topological polar surface area (TPSA) is 75.7 Å². The maximum atomic E-state index is 12.1. The number of benzene rings is 1. The Labute approximate surface area is 138 Å². The second kappa shape index (κ2) is 7.95. The first-order valence-electron chi connectivity index (χ1n) is 6.91. The summed E-state index contributed by atoms with van der Waals surface area (Å²) in [4.78, 5) is 12.0. The first kappa shape index (κ1) is 20.4. The largest absolute Gasteiger partial charge is 0.411 e. The molecule has 0 aliphatic carbocycles. The van der Waals surface area contributed by atoms with E-state index in [9.17, 15) is 26.4 Å². The summed E-state index contributed by atoms with van der Waals surface area (Å²) in [5, 5.41) is 2.45. The average molecular weight is 368 g/mol. The van der Waals surface area contributed by atoms with Gasteiger partial charge in [0.25, 0.3) is 5.91 Å². The SMILES string of the molecule is CC(COCC(F)(F)F)NC(=O)c1cccc(S(=O)(=O)N(C)C)c1. The molecule has 0 heterocycles. The molecule has 0 bridgehead atoms. The highest BCUT2D eigenvalue weighted by Crippen LogP contribution is 2.16. The third kappa shape index (κ3) is 6.10. The number of rotatable bonds is 7. The van der Waals surface area contributed by atoms with Gasteiger partial charge in [0, 0.05) is 25.7 Å². The lowest BCUT2D eigenvalue weighted by molar-refractivity contribution is -0.174. The highest BCUT2D eigenvalue weighted by Gasteiger charge is 2.27. The van der Waals surface area contributed by atoms with E-state index in [0.29, 0.717) is 0 Å². The molecule has 1 rings (SSSR count). The molecule has 1 amide bonds. The molecule has 6 nitrogen and oxygen atoms in total. The van der Waals surface area contributed by atoms with E-state index in [1.807, 2.05) is 0 Å². The number of amides is 1. The standard InChI is InChI=1S/C14H19F3N2O4S/c1-10(8-23-9-14(15,16)17)18-13(20)11-5-4-6-12(7-11)24(21,22)19(2)3/h4-7,10H,8-9H2,1-3H3,(H,18,20). The van der Waals surface area contributed by atoms with E-state index in [1.165, 1.54) is 45.3 Å². The Morgan fingerprint density at radius 2 is 1.96 bits per heavy atom. The number of halogens is 3. The summed E-state index contributed by atoms with van der Waals surface area (Å²) in [7, 11) is -0.962. The molecular weight excluding hydrogens is 349 g/mol. The lowest BCUT2D eigenvalue weighted by Crippen LogP contribution is -2.37. The summed E-state index contributed by atoms with van der Waals surface area (Å²) >= 11 is 0. The van der Waals surface area contributed by atoms with Gasteiger partial charge in [-0.3, -0.25) is 4.79 Å². The van der Waals surface area contributed by atoms with Crippen LogP contribution >= 0.6 is 0 Å². The summed E-state index contributed by atoms with van der Waals surface area (Å²) in [5.41, 5.74) is 0.0839. The number of nitrogens with zero attached hydrogens (tertiary/aromatic N) is 1. The van der Waals surface area contributed by atoms with Crippen LogP contribution < -0.4 is 5.32 Å². The summed E-state index contributed by atoms with van der Waals surface area (Å²) in [6.45, 7) is -0.237. The molecule has 1 N–H and O–H groups in total. The van der Waals surface area contributed by atoms with Crippen molar-refractivity contribution in [3.05, 3.63) is 29.8 Å². The third-order valence-electron chi connectivity index (χ3n) is 2.89. The minimum atomic E-state index is -4.43. The van der Waals surface area contributed by atoms with Gasteiger partial charge in [0.1, 0.15) is 6.61 Å². The maximum absolute atomic E-state index is 12.1. The first-order valence-corrected chi connectivity index (χ1v) is 8.35. The minimum Gasteiger partial charge on any atom is -0.370 e. The molecule has 1 aromatic carbocycles. The van der Waals surface area contributed by atoms with Gasteiger partial charge in [-0.15, -0.1) is 0 Å². The number of sulfonamides is 1. The number of carbonyl (C=O) groups is 1. The van der Waals surface area contributed by atoms with Gasteiger partial charge in [-0.1, -0.05) is 6.07 Å². The lowest BCUT2D eigenvalue weighted by Gasteiger charge is -2.16. The van der Waals surface area contributed by atoms with E-state index >= 15 is 0 Å². The highest BCUT2D eigenvalue weighted by molar-refractivity contribution is 7.89. The molecule has 0 aliphatic heterocycles. The van der Waals surface area contributed by atoms with Gasteiger partial charge in [-0.2, -0.15) is 13.2 Å². The fourth-order valence-corrected chi connectivity index (χ4v) is 2.66. The van der Waals surface area contributed by atoms with E-state index < -0.39 is 34.8 Å². The van der Waals surface area contributed by atoms with Crippen molar-refractivity contribution in [2.75, 3.05) is 27.3 Å². The van der Waals surface area contributed by atoms with Gasteiger partial charge < -0.3 is 10.1 Å². The molecule has 1 unspecified atom stereocenters. The molecule has 0 saturated carbocycles. The van der Waals surface area contributed by atoms with Crippen molar-refractivity contribution in [2.24, 2.45) is 0 Å². The molecule has 0 saturated heterocycles. The van der Waals surface area contributed by atoms with Crippen molar-refractivity contribution in [3.63, 3.8) is 0 Å². The van der Waals surface area contributed by atoms with Crippen LogP contribution in [0.3, 0.4) is 0 Å². The normalized spacial score (nSPS) is 13.8. The van der Waals surface area contributed by atoms with Crippen molar-refractivity contribution < 1.29 is 31.1 Å². The zero-order valence-electron chi connectivity index (χ0n) is 13.4. The van der Waals surface area contributed by atoms with Crippen LogP contribution in [0, 0.1) is 0 Å². The molecule has 0 aromatic heterocycles. The predicted molar refractivity (Wildman–Crippen MR) is 81.1 cm³/mol. The summed E-state index contributed by atoms with van der Waals surface area (Å²) in [6.07, 6.45) is -4.43. The van der Waals surface area contributed by atoms with Crippen LogP contribution in [0.15, 0.2) is 29.2 Å². The maximum Gasteiger partial charge on any atom is 0.411 e. The monoisotopic (exact) mass is 368 g/mol. The van der Waals surface area contributed by atoms with E-state index in [0.717, 1.165) is 4.31 Å². The minimum absolute atomic E-state index is 0.0545. The zero-order chi connectivity index (χ0) is 18.5. The van der Waals surface area contributed by atoms with Crippen LogP contribution in [0.2, 0.25) is 0 Å². The molecule has 0 radical (unpaired) electrons. The van der Waals surface area contributed by atoms with Crippen molar-refractivity contribution in [2.45, 2.75) is 24.0 Å². The molecule has 10 heteroatoms. The van der Waals surface area contributed by atoms with Gasteiger partial charge in [0.05, 0.1) is 11.5 Å². The molecule has 1 aromatic rings. The average Bonchev–Trinajstić information content (AvgIpc) is 2.45. The lowest BCUT2D eigenvalue weighted by atomic mass is 10.2. The molecule has 136 valence electrons. The zero-order valence-corrected chi connectivity index (χ0v) is 14.2. The van der Waals surface area contributed by atoms with Crippen molar-refractivity contribution in [1.29, 1.82) is 0 Å². The Hall–Kier alpha value is -1.65. The molecular formula is C14H19F3N2O4S. The van der Waals surface area contributed by atoms with Gasteiger partial charge in [-0.25, -0.2) is 12.7 Å². The quantitative estimate of drug-likeness (QED) is 0.794. The van der Waals surface area contributed by atoms with E-state index in [2.05, 4.69) is 10.1 Å². The highest BCUT2D eigenvalue weighted by atomic mass is 32.2. The summed E-state index contributed by atoms with van der Waals surface area (Å²) < 4.78 is 65.5. The molecule has 0 fully saturated rings. The predicted octanol–water partition coefficient (Wildman–Crippen LogP) is 1.63. The second-order valence-corrected chi connectivity index (χ2v) is 7.47. The number of carbonyl (C=O) groups excluding carboxylic acids is 1. The Morgan fingerprint density at radius 1 is 1.33 bits per heavy atom. The Morgan fingerprint density at radius 3 is 2.50 bits per heavy atom. The van der Waals surface area contributed by atoms with Crippen LogP contribution in [0.4, 0.5) is 13.2 Å². The first-order chi connectivity index (χ1) is 10.9. The van der Waals surface area contributed by atoms with Crippen LogP contribution in [-0.4, -0.2) is 58.2 Å². The summed E-state index contributed by atoms with van der Waals surface area (Å²) in [5.74, 6) is -0.603. The van der Waals surface area contributed by atoms with E-state index in [4.69, 9.17) is 0 Å². The van der Waals surface area contributed by atoms with Crippen LogP contribution in [0.5, 0.6) is 0 Å². The van der Waals surface area contributed by atoms with Crippen molar-refractivity contribution >= 4 is 15.9 Å². The van der Waals surface area contributed by atoms with E-state index in [1.54, 1.807) is 0 Å². The van der Waals surface area contributed by atoms with Crippen LogP contribution in [0.1, 0.15) is 17.3 Å². The molecule has 1 atom stereocenters. The fourth-order valence-electron chi connectivity index (χ4n) is 1.71. The van der Waals surface area contributed by atoms with Crippen LogP contribution in [0.25, 0.3) is 0 Å². The van der Waals surface area contributed by atoms with Gasteiger partial charge in [0.15, 0.2) is 0 Å². The van der Waals surface area contributed by atoms with Gasteiger partial charge in [0.2, 0.25) is 10.0 Å². The number of hydrogen-bond donors (Lipinski definition) is 1. The fraction of sp³-hybridized carbons (Fsp3) is 0.500. The number of nitrogens with one attached hydrogen (secondary N) is 1. The van der Waals surface area contributed by atoms with E-state index in [-0.39, 0.29) is 17.1 Å². The Kier molecular flexibility index (Phi) is 6.76. The summed E-state index contributed by atoms with van der Waals surface area (Å²) in [6, 6.07) is 4.70.